The number of hydrogen-bond donors (Lipinski definition) is 5. The molecule has 0 spiro atoms. The van der Waals surface area contributed by atoms with E-state index in [1.54, 1.807) is 0 Å². The number of nitrogens with zero attached hydrogens (tertiary/aromatic N) is 4. The number of aromatic nitrogens is 4. The number of aromatic amines is 2. The number of amides is 3. The van der Waals surface area contributed by atoms with Crippen molar-refractivity contribution in [2.45, 2.75) is 96.7 Å². The van der Waals surface area contributed by atoms with Crippen LogP contribution in [0.3, 0.4) is 0 Å². The highest BCUT2D eigenvalue weighted by Crippen LogP contribution is 2.50. The predicted molar refractivity (Wildman–Crippen MR) is 234 cm³/mol. The average Bonchev–Trinajstić information content (AvgIpc) is 3.71. The lowest BCUT2D eigenvalue weighted by atomic mass is 9.95. The number of benzene rings is 3. The van der Waals surface area contributed by atoms with Crippen molar-refractivity contribution in [2.24, 2.45) is 23.2 Å². The molecule has 5 aromatic rings. The van der Waals surface area contributed by atoms with Crippen molar-refractivity contribution in [3.05, 3.63) is 85.1 Å². The standard InChI is InChI=1S/C47H58N8O6/c1-8-47(19-20-47)25-54(43(56)38(26(2)3)52-45(58)60-6)24-37-49-35-18-15-31-21-30(14-17-34(31)40(35)51-37)28-9-11-29(12-10-28)36-23-48-42(50-36)41-32-13-16-33(22-32)55(41)44(57)39(27(4)5)53-46(59)61-7/h8-12,14-15,17-18,21,23,26-27,32-33,38-39,41,43,56H,1,13,16,19-20,22,24-25H2,2-7H3,(H,48,50)(H,49,51)(H,52,58)(H,53,59)/t32-,33+,38-,39-,41?,43?/m0/s1. The van der Waals surface area contributed by atoms with E-state index in [1.165, 1.54) is 14.2 Å². The van der Waals surface area contributed by atoms with Crippen molar-refractivity contribution < 1.29 is 29.0 Å². The van der Waals surface area contributed by atoms with Crippen molar-refractivity contribution in [1.82, 2.24) is 40.4 Å². The number of likely N-dealkylation sites (tertiary alicyclic amines) is 1. The van der Waals surface area contributed by atoms with Gasteiger partial charge in [0.25, 0.3) is 0 Å². The van der Waals surface area contributed by atoms with Gasteiger partial charge in [-0.05, 0) is 84.1 Å². The van der Waals surface area contributed by atoms with Gasteiger partial charge in [0, 0.05) is 23.4 Å². The molecule has 3 aromatic carbocycles. The van der Waals surface area contributed by atoms with Crippen LogP contribution in [0.25, 0.3) is 44.2 Å². The maximum absolute atomic E-state index is 14.0. The summed E-state index contributed by atoms with van der Waals surface area (Å²) in [6.07, 6.45) is 6.57. The molecule has 2 aromatic heterocycles. The molecule has 3 fully saturated rings. The molecule has 3 aliphatic rings. The molecule has 14 nitrogen and oxygen atoms in total. The number of carbonyl (C=O) groups excluding carboxylic acids is 3. The summed E-state index contributed by atoms with van der Waals surface area (Å²) in [6, 6.07) is 17.6. The second kappa shape index (κ2) is 17.0. The Hall–Kier alpha value is -5.73. The number of ether oxygens (including phenoxy) is 2. The van der Waals surface area contributed by atoms with Crippen molar-refractivity contribution in [3.63, 3.8) is 0 Å². The summed E-state index contributed by atoms with van der Waals surface area (Å²) in [5.41, 5.74) is 5.69. The number of piperidine rings is 1. The minimum atomic E-state index is -0.977. The van der Waals surface area contributed by atoms with Gasteiger partial charge < -0.3 is 40.1 Å². The molecule has 8 rings (SSSR count). The Morgan fingerprint density at radius 1 is 0.951 bits per heavy atom. The second-order valence-electron chi connectivity index (χ2n) is 17.9. The third-order valence-corrected chi connectivity index (χ3v) is 13.2. The zero-order valence-corrected chi connectivity index (χ0v) is 35.9. The number of fused-ring (bicyclic) bond motifs is 5. The van der Waals surface area contributed by atoms with Gasteiger partial charge in [-0.25, -0.2) is 19.6 Å². The van der Waals surface area contributed by atoms with E-state index in [2.05, 4.69) is 75.7 Å². The first-order valence-electron chi connectivity index (χ1n) is 21.5. The molecule has 2 saturated carbocycles. The lowest BCUT2D eigenvalue weighted by molar-refractivity contribution is -0.139. The number of nitrogens with one attached hydrogen (secondary N) is 4. The quantitative estimate of drug-likeness (QED) is 0.0523. The van der Waals surface area contributed by atoms with E-state index in [-0.39, 0.29) is 35.2 Å². The van der Waals surface area contributed by atoms with Gasteiger partial charge in [0.1, 0.15) is 23.9 Å². The number of hydrogen-bond acceptors (Lipinski definition) is 9. The fraction of sp³-hybridized carbons (Fsp3) is 0.468. The number of aliphatic hydroxyl groups is 1. The van der Waals surface area contributed by atoms with E-state index in [1.807, 2.05) is 55.8 Å². The molecule has 1 saturated heterocycles. The van der Waals surface area contributed by atoms with Crippen LogP contribution < -0.4 is 10.6 Å². The van der Waals surface area contributed by atoms with E-state index in [9.17, 15) is 19.5 Å². The van der Waals surface area contributed by atoms with Crippen LogP contribution in [0.4, 0.5) is 9.59 Å². The van der Waals surface area contributed by atoms with Gasteiger partial charge in [-0.15, -0.1) is 6.58 Å². The molecular weight excluding hydrogens is 773 g/mol. The maximum atomic E-state index is 14.0. The zero-order chi connectivity index (χ0) is 43.2. The Balaban J connectivity index is 0.997. The highest BCUT2D eigenvalue weighted by atomic mass is 16.5. The van der Waals surface area contributed by atoms with Gasteiger partial charge in [-0.2, -0.15) is 0 Å². The predicted octanol–water partition coefficient (Wildman–Crippen LogP) is 7.67. The van der Waals surface area contributed by atoms with E-state index >= 15 is 0 Å². The summed E-state index contributed by atoms with van der Waals surface area (Å²) in [4.78, 5) is 59.1. The molecule has 6 atom stereocenters. The Morgan fingerprint density at radius 3 is 2.33 bits per heavy atom. The van der Waals surface area contributed by atoms with Gasteiger partial charge in [-0.1, -0.05) is 76.2 Å². The van der Waals surface area contributed by atoms with Crippen molar-refractivity contribution in [3.8, 4) is 22.4 Å². The van der Waals surface area contributed by atoms with Crippen molar-refractivity contribution >= 4 is 39.9 Å². The monoisotopic (exact) mass is 830 g/mol. The summed E-state index contributed by atoms with van der Waals surface area (Å²) in [5.74, 6) is 1.55. The maximum Gasteiger partial charge on any atom is 0.407 e. The Morgan fingerprint density at radius 2 is 1.66 bits per heavy atom. The van der Waals surface area contributed by atoms with E-state index in [0.29, 0.717) is 19.0 Å². The van der Waals surface area contributed by atoms with Gasteiger partial charge in [0.2, 0.25) is 5.91 Å². The van der Waals surface area contributed by atoms with Crippen LogP contribution in [-0.4, -0.2) is 98.1 Å². The Labute approximate surface area is 356 Å². The number of imidazole rings is 2. The molecule has 5 N–H and O–H groups in total. The number of aliphatic hydroxyl groups excluding tert-OH is 1. The third-order valence-electron chi connectivity index (χ3n) is 13.2. The fourth-order valence-electron chi connectivity index (χ4n) is 9.54. The molecule has 322 valence electrons. The average molecular weight is 831 g/mol. The molecule has 14 heteroatoms. The van der Waals surface area contributed by atoms with Gasteiger partial charge in [0.15, 0.2) is 0 Å². The summed E-state index contributed by atoms with van der Waals surface area (Å²) in [6.45, 7) is 12.8. The number of rotatable bonds is 15. The molecule has 2 unspecified atom stereocenters. The fourth-order valence-corrected chi connectivity index (χ4v) is 9.54. The smallest absolute Gasteiger partial charge is 0.407 e. The summed E-state index contributed by atoms with van der Waals surface area (Å²) >= 11 is 0. The lowest BCUT2D eigenvalue weighted by Crippen LogP contribution is -2.55. The van der Waals surface area contributed by atoms with Crippen LogP contribution in [0, 0.1) is 23.2 Å². The van der Waals surface area contributed by atoms with Crippen LogP contribution in [0.5, 0.6) is 0 Å². The van der Waals surface area contributed by atoms with Crippen LogP contribution in [-0.2, 0) is 20.8 Å². The third kappa shape index (κ3) is 8.35. The van der Waals surface area contributed by atoms with Crippen LogP contribution >= 0.6 is 0 Å². The van der Waals surface area contributed by atoms with Crippen LogP contribution in [0.15, 0.2) is 73.4 Å². The SMILES string of the molecule is C=CC1(CN(Cc2nc3ccc4cc(-c5ccc(-c6cnc(C7[C@H]8CC[C@H](C8)N7C(=O)[C@@H](NC(=O)OC)C(C)C)[nH]6)cc5)ccc4c3[nH]2)C(O)[C@@H](NC(=O)OC)C(C)C)CC1. The molecular formula is C47H58N8O6. The highest BCUT2D eigenvalue weighted by Gasteiger charge is 2.51. The minimum Gasteiger partial charge on any atom is -0.453 e. The molecule has 0 radical (unpaired) electrons. The van der Waals surface area contributed by atoms with E-state index < -0.39 is 30.5 Å². The van der Waals surface area contributed by atoms with Gasteiger partial charge in [-0.3, -0.25) is 9.69 Å². The first kappa shape index (κ1) is 42.0. The number of alkyl carbamates (subject to hydrolysis) is 2. The van der Waals surface area contributed by atoms with Crippen LogP contribution in [0.2, 0.25) is 0 Å². The number of carbonyl (C=O) groups is 3. The molecule has 1 aliphatic heterocycles. The molecule has 2 bridgehead atoms. The Bertz CT molecular complexity index is 2420. The van der Waals surface area contributed by atoms with Crippen LogP contribution in [0.1, 0.15) is 77.5 Å². The summed E-state index contributed by atoms with van der Waals surface area (Å²) in [5, 5.41) is 19.4. The summed E-state index contributed by atoms with van der Waals surface area (Å²) < 4.78 is 9.70. The lowest BCUT2D eigenvalue weighted by Gasteiger charge is -2.37. The van der Waals surface area contributed by atoms with Gasteiger partial charge in [0.05, 0.1) is 55.8 Å². The zero-order valence-electron chi connectivity index (χ0n) is 35.9. The Kier molecular flexibility index (Phi) is 11.7. The normalized spacial score (nSPS) is 20.6. The molecule has 3 heterocycles. The number of methoxy groups -OCH3 is 2. The molecule has 61 heavy (non-hydrogen) atoms. The molecule has 2 aliphatic carbocycles. The largest absolute Gasteiger partial charge is 0.453 e. The van der Waals surface area contributed by atoms with Crippen molar-refractivity contribution in [2.75, 3.05) is 20.8 Å². The summed E-state index contributed by atoms with van der Waals surface area (Å²) in [7, 11) is 2.63. The second-order valence-corrected chi connectivity index (χ2v) is 17.9. The first-order chi connectivity index (χ1) is 29.3. The number of H-pyrrole nitrogens is 2. The first-order valence-corrected chi connectivity index (χ1v) is 21.5. The highest BCUT2D eigenvalue weighted by molar-refractivity contribution is 6.05. The van der Waals surface area contributed by atoms with E-state index in [0.717, 1.165) is 87.9 Å². The molecule has 3 amide bonds. The van der Waals surface area contributed by atoms with Gasteiger partial charge >= 0.3 is 12.2 Å². The van der Waals surface area contributed by atoms with E-state index in [4.69, 9.17) is 19.4 Å². The topological polar surface area (TPSA) is 178 Å². The van der Waals surface area contributed by atoms with Crippen molar-refractivity contribution in [1.29, 1.82) is 0 Å². The minimum absolute atomic E-state index is 0.0524.